The topological polar surface area (TPSA) is 52.6 Å². The zero-order valence-electron chi connectivity index (χ0n) is 8.57. The SMILES string of the molecule is CN1CCC(NC2CCC2C(=O)O)C1. The van der Waals surface area contributed by atoms with Crippen molar-refractivity contribution in [3.63, 3.8) is 0 Å². The van der Waals surface area contributed by atoms with E-state index in [0.717, 1.165) is 32.4 Å². The molecule has 2 aliphatic rings. The van der Waals surface area contributed by atoms with E-state index < -0.39 is 5.97 Å². The molecular weight excluding hydrogens is 180 g/mol. The summed E-state index contributed by atoms with van der Waals surface area (Å²) in [5.74, 6) is -0.777. The first-order valence-corrected chi connectivity index (χ1v) is 5.34. The summed E-state index contributed by atoms with van der Waals surface area (Å²) in [5.41, 5.74) is 0. The third-order valence-corrected chi connectivity index (χ3v) is 3.43. The van der Waals surface area contributed by atoms with Gasteiger partial charge >= 0.3 is 5.97 Å². The van der Waals surface area contributed by atoms with E-state index in [9.17, 15) is 4.79 Å². The fourth-order valence-electron chi connectivity index (χ4n) is 2.37. The first kappa shape index (κ1) is 9.93. The van der Waals surface area contributed by atoms with Crippen LogP contribution in [0.2, 0.25) is 0 Å². The molecule has 0 radical (unpaired) electrons. The highest BCUT2D eigenvalue weighted by molar-refractivity contribution is 5.72. The lowest BCUT2D eigenvalue weighted by Crippen LogP contribution is -2.51. The Balaban J connectivity index is 1.78. The van der Waals surface area contributed by atoms with Gasteiger partial charge in [0.25, 0.3) is 0 Å². The van der Waals surface area contributed by atoms with Gasteiger partial charge in [0.05, 0.1) is 5.92 Å². The van der Waals surface area contributed by atoms with E-state index in [1.807, 2.05) is 0 Å². The molecule has 4 nitrogen and oxygen atoms in total. The number of carboxylic acid groups (broad SMARTS) is 1. The summed E-state index contributed by atoms with van der Waals surface area (Å²) in [5, 5.41) is 12.3. The highest BCUT2D eigenvalue weighted by Gasteiger charge is 2.38. The number of carbonyl (C=O) groups is 1. The second kappa shape index (κ2) is 3.87. The van der Waals surface area contributed by atoms with Crippen LogP contribution in [-0.4, -0.2) is 48.2 Å². The van der Waals surface area contributed by atoms with Gasteiger partial charge in [-0.1, -0.05) is 0 Å². The van der Waals surface area contributed by atoms with Crippen LogP contribution in [0, 0.1) is 5.92 Å². The molecule has 2 rings (SSSR count). The van der Waals surface area contributed by atoms with E-state index in [4.69, 9.17) is 5.11 Å². The normalized spacial score (nSPS) is 38.2. The number of nitrogens with one attached hydrogen (secondary N) is 1. The predicted octanol–water partition coefficient (Wildman–Crippen LogP) is 0.143. The molecule has 1 saturated heterocycles. The Morgan fingerprint density at radius 1 is 1.43 bits per heavy atom. The van der Waals surface area contributed by atoms with E-state index in [-0.39, 0.29) is 12.0 Å². The fourth-order valence-corrected chi connectivity index (χ4v) is 2.37. The Bertz CT molecular complexity index is 232. The van der Waals surface area contributed by atoms with Crippen LogP contribution in [0.5, 0.6) is 0 Å². The molecule has 3 unspecified atom stereocenters. The van der Waals surface area contributed by atoms with Gasteiger partial charge in [0.1, 0.15) is 0 Å². The molecule has 1 saturated carbocycles. The average Bonchev–Trinajstić information content (AvgIpc) is 2.44. The molecule has 0 spiro atoms. The van der Waals surface area contributed by atoms with Gasteiger partial charge in [-0.3, -0.25) is 4.79 Å². The van der Waals surface area contributed by atoms with Gasteiger partial charge in [-0.2, -0.15) is 0 Å². The minimum Gasteiger partial charge on any atom is -0.481 e. The van der Waals surface area contributed by atoms with Crippen LogP contribution in [0.3, 0.4) is 0 Å². The van der Waals surface area contributed by atoms with Crippen LogP contribution < -0.4 is 5.32 Å². The van der Waals surface area contributed by atoms with Crippen molar-refractivity contribution in [2.24, 2.45) is 5.92 Å². The van der Waals surface area contributed by atoms with Crippen molar-refractivity contribution < 1.29 is 9.90 Å². The van der Waals surface area contributed by atoms with Crippen molar-refractivity contribution in [3.8, 4) is 0 Å². The highest BCUT2D eigenvalue weighted by Crippen LogP contribution is 2.28. The van der Waals surface area contributed by atoms with Crippen LogP contribution in [0.15, 0.2) is 0 Å². The number of rotatable bonds is 3. The number of hydrogen-bond acceptors (Lipinski definition) is 3. The minimum atomic E-state index is -0.639. The summed E-state index contributed by atoms with van der Waals surface area (Å²) in [7, 11) is 2.11. The molecule has 0 aromatic carbocycles. The predicted molar refractivity (Wildman–Crippen MR) is 53.2 cm³/mol. The summed E-state index contributed by atoms with van der Waals surface area (Å²) in [6.07, 6.45) is 3.02. The number of likely N-dealkylation sites (N-methyl/N-ethyl adjacent to an activating group) is 1. The van der Waals surface area contributed by atoms with Gasteiger partial charge in [0.2, 0.25) is 0 Å². The third kappa shape index (κ3) is 1.91. The van der Waals surface area contributed by atoms with E-state index >= 15 is 0 Å². The maximum absolute atomic E-state index is 10.8. The van der Waals surface area contributed by atoms with Crippen molar-refractivity contribution in [2.45, 2.75) is 31.3 Å². The number of likely N-dealkylation sites (tertiary alicyclic amines) is 1. The Morgan fingerprint density at radius 3 is 2.64 bits per heavy atom. The van der Waals surface area contributed by atoms with Crippen molar-refractivity contribution in [1.29, 1.82) is 0 Å². The van der Waals surface area contributed by atoms with Crippen molar-refractivity contribution in [3.05, 3.63) is 0 Å². The minimum absolute atomic E-state index is 0.138. The second-order valence-electron chi connectivity index (χ2n) is 4.54. The molecule has 0 aromatic heterocycles. The highest BCUT2D eigenvalue weighted by atomic mass is 16.4. The fraction of sp³-hybridized carbons (Fsp3) is 0.900. The average molecular weight is 198 g/mol. The van der Waals surface area contributed by atoms with E-state index in [2.05, 4.69) is 17.3 Å². The second-order valence-corrected chi connectivity index (χ2v) is 4.54. The first-order valence-electron chi connectivity index (χ1n) is 5.34. The molecule has 4 heteroatoms. The van der Waals surface area contributed by atoms with Gasteiger partial charge in [0, 0.05) is 18.6 Å². The zero-order valence-corrected chi connectivity index (χ0v) is 8.57. The van der Waals surface area contributed by atoms with Crippen LogP contribution in [0.1, 0.15) is 19.3 Å². The van der Waals surface area contributed by atoms with Crippen molar-refractivity contribution >= 4 is 5.97 Å². The quantitative estimate of drug-likeness (QED) is 0.677. The largest absolute Gasteiger partial charge is 0.481 e. The summed E-state index contributed by atoms with van der Waals surface area (Å²) in [6, 6.07) is 0.733. The molecule has 1 aliphatic heterocycles. The third-order valence-electron chi connectivity index (χ3n) is 3.43. The molecule has 2 N–H and O–H groups in total. The Labute approximate surface area is 84.3 Å². The molecule has 1 aliphatic carbocycles. The smallest absolute Gasteiger partial charge is 0.308 e. The first-order chi connectivity index (χ1) is 6.66. The molecule has 80 valence electrons. The zero-order chi connectivity index (χ0) is 10.1. The lowest BCUT2D eigenvalue weighted by atomic mass is 9.79. The molecule has 1 heterocycles. The molecule has 0 aromatic rings. The Hall–Kier alpha value is -0.610. The van der Waals surface area contributed by atoms with Gasteiger partial charge in [-0.25, -0.2) is 0 Å². The van der Waals surface area contributed by atoms with Gasteiger partial charge in [-0.15, -0.1) is 0 Å². The van der Waals surface area contributed by atoms with Crippen molar-refractivity contribution in [1.82, 2.24) is 10.2 Å². The molecule has 2 fully saturated rings. The van der Waals surface area contributed by atoms with Crippen LogP contribution in [-0.2, 0) is 4.79 Å². The lowest BCUT2D eigenvalue weighted by molar-refractivity contribution is -0.146. The molecule has 14 heavy (non-hydrogen) atoms. The Morgan fingerprint density at radius 2 is 2.21 bits per heavy atom. The van der Waals surface area contributed by atoms with Crippen molar-refractivity contribution in [2.75, 3.05) is 20.1 Å². The Kier molecular flexibility index (Phi) is 2.74. The monoisotopic (exact) mass is 198 g/mol. The summed E-state index contributed by atoms with van der Waals surface area (Å²) < 4.78 is 0. The number of carboxylic acids is 1. The van der Waals surface area contributed by atoms with E-state index in [1.54, 1.807) is 0 Å². The summed E-state index contributed by atoms with van der Waals surface area (Å²) in [6.45, 7) is 2.19. The van der Waals surface area contributed by atoms with E-state index in [1.165, 1.54) is 0 Å². The molecule has 3 atom stereocenters. The maximum Gasteiger partial charge on any atom is 0.308 e. The summed E-state index contributed by atoms with van der Waals surface area (Å²) >= 11 is 0. The number of aliphatic carboxylic acids is 1. The van der Waals surface area contributed by atoms with E-state index in [0.29, 0.717) is 6.04 Å². The number of hydrogen-bond donors (Lipinski definition) is 2. The molecule has 0 amide bonds. The van der Waals surface area contributed by atoms with Gasteiger partial charge in [-0.05, 0) is 32.9 Å². The molecular formula is C10H18N2O2. The standard InChI is InChI=1S/C10H18N2O2/c1-12-5-4-7(6-12)11-9-3-2-8(9)10(13)14/h7-9,11H,2-6H2,1H3,(H,13,14). The maximum atomic E-state index is 10.8. The van der Waals surface area contributed by atoms with Gasteiger partial charge < -0.3 is 15.3 Å². The molecule has 0 bridgehead atoms. The van der Waals surface area contributed by atoms with Crippen LogP contribution in [0.25, 0.3) is 0 Å². The summed E-state index contributed by atoms with van der Waals surface area (Å²) in [4.78, 5) is 13.1. The lowest BCUT2D eigenvalue weighted by Gasteiger charge is -2.36. The number of nitrogens with zero attached hydrogens (tertiary/aromatic N) is 1. The van der Waals surface area contributed by atoms with Gasteiger partial charge in [0.15, 0.2) is 0 Å². The van der Waals surface area contributed by atoms with Crippen LogP contribution in [0.4, 0.5) is 0 Å². The van der Waals surface area contributed by atoms with Crippen LogP contribution >= 0.6 is 0 Å².